The Morgan fingerprint density at radius 1 is 1.04 bits per heavy atom. The molecule has 0 aliphatic carbocycles. The monoisotopic (exact) mass is 319 g/mol. The Hall–Kier alpha value is -1.92. The molecule has 1 aliphatic heterocycles. The van der Waals surface area contributed by atoms with Crippen LogP contribution in [0.2, 0.25) is 0 Å². The van der Waals surface area contributed by atoms with Crippen molar-refractivity contribution in [3.05, 3.63) is 35.4 Å². The predicted molar refractivity (Wildman–Crippen MR) is 87.7 cm³/mol. The highest BCUT2D eigenvalue weighted by atomic mass is 16.5. The van der Waals surface area contributed by atoms with Crippen LogP contribution in [0.15, 0.2) is 24.3 Å². The lowest BCUT2D eigenvalue weighted by Gasteiger charge is -2.26. The van der Waals surface area contributed by atoms with Crippen LogP contribution < -0.4 is 10.6 Å². The molecule has 2 amide bonds. The minimum absolute atomic E-state index is 0.0296. The normalized spacial score (nSPS) is 15.2. The lowest BCUT2D eigenvalue weighted by molar-refractivity contribution is -0.126. The number of carbonyl (C=O) groups excluding carboxylic acids is 2. The van der Waals surface area contributed by atoms with Gasteiger partial charge in [-0.15, -0.1) is 0 Å². The van der Waals surface area contributed by atoms with Crippen LogP contribution in [0.1, 0.15) is 24.5 Å². The first kappa shape index (κ1) is 17.4. The topological polar surface area (TPSA) is 70.7 Å². The van der Waals surface area contributed by atoms with Gasteiger partial charge in [0.2, 0.25) is 11.8 Å². The molecule has 126 valence electrons. The van der Waals surface area contributed by atoms with Crippen LogP contribution in [0.3, 0.4) is 0 Å². The first-order chi connectivity index (χ1) is 11.2. The fourth-order valence-electron chi connectivity index (χ4n) is 2.35. The van der Waals surface area contributed by atoms with Crippen molar-refractivity contribution in [2.24, 2.45) is 0 Å². The standard InChI is InChI=1S/C17H25N3O3/c1-2-16(21)19-12-17(22)18-11-14-3-5-15(6-4-14)13-20-7-9-23-10-8-20/h3-6H,2,7-13H2,1H3,(H,18,22)(H,19,21). The molecule has 0 radical (unpaired) electrons. The number of hydrogen-bond donors (Lipinski definition) is 2. The van der Waals surface area contributed by atoms with E-state index in [1.807, 2.05) is 12.1 Å². The van der Waals surface area contributed by atoms with Crippen LogP contribution in [-0.2, 0) is 27.4 Å². The second kappa shape index (κ2) is 9.27. The molecule has 0 atom stereocenters. The summed E-state index contributed by atoms with van der Waals surface area (Å²) in [6.45, 7) is 6.74. The van der Waals surface area contributed by atoms with Crippen LogP contribution in [0.5, 0.6) is 0 Å². The van der Waals surface area contributed by atoms with Crippen molar-refractivity contribution >= 4 is 11.8 Å². The van der Waals surface area contributed by atoms with E-state index in [2.05, 4.69) is 27.7 Å². The van der Waals surface area contributed by atoms with Gasteiger partial charge in [0.15, 0.2) is 0 Å². The maximum atomic E-state index is 11.6. The molecule has 1 aliphatic rings. The van der Waals surface area contributed by atoms with Crippen molar-refractivity contribution in [3.8, 4) is 0 Å². The first-order valence-corrected chi connectivity index (χ1v) is 8.08. The van der Waals surface area contributed by atoms with E-state index < -0.39 is 0 Å². The van der Waals surface area contributed by atoms with Crippen molar-refractivity contribution < 1.29 is 14.3 Å². The van der Waals surface area contributed by atoms with Crippen molar-refractivity contribution in [3.63, 3.8) is 0 Å². The lowest BCUT2D eigenvalue weighted by atomic mass is 10.1. The quantitative estimate of drug-likeness (QED) is 0.775. The number of nitrogens with zero attached hydrogens (tertiary/aromatic N) is 1. The third kappa shape index (κ3) is 6.38. The molecule has 23 heavy (non-hydrogen) atoms. The second-order valence-electron chi connectivity index (χ2n) is 5.61. The van der Waals surface area contributed by atoms with E-state index in [-0.39, 0.29) is 18.4 Å². The van der Waals surface area contributed by atoms with E-state index in [0.717, 1.165) is 38.4 Å². The number of benzene rings is 1. The van der Waals surface area contributed by atoms with E-state index in [9.17, 15) is 9.59 Å². The number of rotatable bonds is 7. The van der Waals surface area contributed by atoms with Gasteiger partial charge >= 0.3 is 0 Å². The summed E-state index contributed by atoms with van der Waals surface area (Å²) in [6.07, 6.45) is 0.387. The third-order valence-electron chi connectivity index (χ3n) is 3.79. The number of carbonyl (C=O) groups is 2. The van der Waals surface area contributed by atoms with Crippen LogP contribution in [0.25, 0.3) is 0 Å². The first-order valence-electron chi connectivity index (χ1n) is 8.08. The molecule has 0 bridgehead atoms. The van der Waals surface area contributed by atoms with E-state index in [0.29, 0.717) is 13.0 Å². The van der Waals surface area contributed by atoms with E-state index in [1.54, 1.807) is 6.92 Å². The van der Waals surface area contributed by atoms with Gasteiger partial charge in [-0.25, -0.2) is 0 Å². The Morgan fingerprint density at radius 2 is 1.70 bits per heavy atom. The molecule has 6 heteroatoms. The summed E-state index contributed by atoms with van der Waals surface area (Å²) >= 11 is 0. The van der Waals surface area contributed by atoms with Crippen molar-refractivity contribution in [2.75, 3.05) is 32.8 Å². The molecular formula is C17H25N3O3. The minimum atomic E-state index is -0.177. The Kier molecular flexibility index (Phi) is 7.03. The van der Waals surface area contributed by atoms with E-state index in [1.165, 1.54) is 5.56 Å². The maximum Gasteiger partial charge on any atom is 0.239 e. The Morgan fingerprint density at radius 3 is 2.35 bits per heavy atom. The summed E-state index contributed by atoms with van der Waals surface area (Å²) in [5.41, 5.74) is 2.31. The van der Waals surface area contributed by atoms with Crippen LogP contribution >= 0.6 is 0 Å². The van der Waals surface area contributed by atoms with Gasteiger partial charge in [0.05, 0.1) is 19.8 Å². The molecule has 0 unspecified atom stereocenters. The molecule has 1 heterocycles. The van der Waals surface area contributed by atoms with Gasteiger partial charge in [0, 0.05) is 32.6 Å². The van der Waals surface area contributed by atoms with Crippen molar-refractivity contribution in [2.45, 2.75) is 26.4 Å². The average Bonchev–Trinajstić information content (AvgIpc) is 2.60. The van der Waals surface area contributed by atoms with Gasteiger partial charge in [0.25, 0.3) is 0 Å². The maximum absolute atomic E-state index is 11.6. The summed E-state index contributed by atoms with van der Waals surface area (Å²) < 4.78 is 5.34. The summed E-state index contributed by atoms with van der Waals surface area (Å²) in [5, 5.41) is 5.35. The third-order valence-corrected chi connectivity index (χ3v) is 3.79. The summed E-state index contributed by atoms with van der Waals surface area (Å²) in [6, 6.07) is 8.24. The van der Waals surface area contributed by atoms with Gasteiger partial charge in [-0.3, -0.25) is 14.5 Å². The molecule has 1 aromatic carbocycles. The summed E-state index contributed by atoms with van der Waals surface area (Å²) in [4.78, 5) is 25.1. The highest BCUT2D eigenvalue weighted by Crippen LogP contribution is 2.09. The summed E-state index contributed by atoms with van der Waals surface area (Å²) in [5.74, 6) is -0.295. The molecule has 1 saturated heterocycles. The van der Waals surface area contributed by atoms with Crippen LogP contribution in [0, 0.1) is 0 Å². The fraction of sp³-hybridized carbons (Fsp3) is 0.529. The number of morpholine rings is 1. The lowest BCUT2D eigenvalue weighted by Crippen LogP contribution is -2.36. The van der Waals surface area contributed by atoms with E-state index >= 15 is 0 Å². The number of nitrogens with one attached hydrogen (secondary N) is 2. The van der Waals surface area contributed by atoms with Gasteiger partial charge in [-0.1, -0.05) is 31.2 Å². The smallest absolute Gasteiger partial charge is 0.239 e. The Labute approximate surface area is 137 Å². The largest absolute Gasteiger partial charge is 0.379 e. The molecule has 1 aromatic rings. The molecule has 2 rings (SSSR count). The summed E-state index contributed by atoms with van der Waals surface area (Å²) in [7, 11) is 0. The molecule has 2 N–H and O–H groups in total. The second-order valence-corrected chi connectivity index (χ2v) is 5.61. The van der Waals surface area contributed by atoms with Crippen molar-refractivity contribution in [1.82, 2.24) is 15.5 Å². The average molecular weight is 319 g/mol. The zero-order valence-electron chi connectivity index (χ0n) is 13.6. The molecular weight excluding hydrogens is 294 g/mol. The highest BCUT2D eigenvalue weighted by Gasteiger charge is 2.10. The zero-order chi connectivity index (χ0) is 16.5. The fourth-order valence-corrected chi connectivity index (χ4v) is 2.35. The molecule has 0 saturated carbocycles. The predicted octanol–water partition coefficient (Wildman–Crippen LogP) is 0.661. The van der Waals surface area contributed by atoms with Crippen LogP contribution in [-0.4, -0.2) is 49.6 Å². The highest BCUT2D eigenvalue weighted by molar-refractivity contribution is 5.84. The Balaban J connectivity index is 1.71. The molecule has 6 nitrogen and oxygen atoms in total. The molecule has 0 aromatic heterocycles. The van der Waals surface area contributed by atoms with Crippen LogP contribution in [0.4, 0.5) is 0 Å². The zero-order valence-corrected chi connectivity index (χ0v) is 13.6. The Bertz CT molecular complexity index is 510. The number of hydrogen-bond acceptors (Lipinski definition) is 4. The van der Waals surface area contributed by atoms with Crippen molar-refractivity contribution in [1.29, 1.82) is 0 Å². The van der Waals surface area contributed by atoms with Gasteiger partial charge in [-0.05, 0) is 11.1 Å². The van der Waals surface area contributed by atoms with Gasteiger partial charge in [0.1, 0.15) is 0 Å². The number of ether oxygens (including phenoxy) is 1. The SMILES string of the molecule is CCC(=O)NCC(=O)NCc1ccc(CN2CCOCC2)cc1. The van der Waals surface area contributed by atoms with Gasteiger partial charge in [-0.2, -0.15) is 0 Å². The number of amides is 2. The minimum Gasteiger partial charge on any atom is -0.379 e. The van der Waals surface area contributed by atoms with E-state index in [4.69, 9.17) is 4.74 Å². The molecule has 0 spiro atoms. The van der Waals surface area contributed by atoms with Gasteiger partial charge < -0.3 is 15.4 Å². The molecule has 1 fully saturated rings.